The second-order valence-electron chi connectivity index (χ2n) is 4.71. The van der Waals surface area contributed by atoms with Crippen LogP contribution in [-0.2, 0) is 0 Å². The fourth-order valence-electron chi connectivity index (χ4n) is 2.08. The molecule has 3 nitrogen and oxygen atoms in total. The van der Waals surface area contributed by atoms with Gasteiger partial charge in [0.1, 0.15) is 11.4 Å². The monoisotopic (exact) mass is 255 g/mol. The van der Waals surface area contributed by atoms with Gasteiger partial charge < -0.3 is 4.74 Å². The molecule has 0 aliphatic rings. The van der Waals surface area contributed by atoms with Gasteiger partial charge in [0, 0.05) is 6.20 Å². The Bertz CT molecular complexity index is 633. The molecule has 0 saturated heterocycles. The molecular formula is C16H17NO2. The lowest BCUT2D eigenvalue weighted by Crippen LogP contribution is -2.08. The van der Waals surface area contributed by atoms with Gasteiger partial charge in [-0.3, -0.25) is 9.78 Å². The summed E-state index contributed by atoms with van der Waals surface area (Å²) in [7, 11) is 1.57. The van der Waals surface area contributed by atoms with Gasteiger partial charge in [0.05, 0.1) is 12.7 Å². The summed E-state index contributed by atoms with van der Waals surface area (Å²) < 4.78 is 5.26. The van der Waals surface area contributed by atoms with Gasteiger partial charge in [0.25, 0.3) is 0 Å². The Morgan fingerprint density at radius 2 is 1.84 bits per heavy atom. The molecule has 98 valence electrons. The normalized spacial score (nSPS) is 10.3. The molecule has 2 rings (SSSR count). The average Bonchev–Trinajstić information content (AvgIpc) is 2.38. The molecule has 0 unspecified atom stereocenters. The van der Waals surface area contributed by atoms with Gasteiger partial charge in [0.15, 0.2) is 0 Å². The van der Waals surface area contributed by atoms with Crippen LogP contribution < -0.4 is 4.74 Å². The number of aryl methyl sites for hydroxylation is 3. The van der Waals surface area contributed by atoms with Gasteiger partial charge >= 0.3 is 0 Å². The number of nitrogens with zero attached hydrogens (tertiary/aromatic N) is 1. The molecule has 1 heterocycles. The summed E-state index contributed by atoms with van der Waals surface area (Å²) in [6.07, 6.45) is 1.71. The highest BCUT2D eigenvalue weighted by Crippen LogP contribution is 2.23. The van der Waals surface area contributed by atoms with Crippen molar-refractivity contribution < 1.29 is 9.53 Å². The summed E-state index contributed by atoms with van der Waals surface area (Å²) >= 11 is 0. The van der Waals surface area contributed by atoms with Crippen LogP contribution in [0.1, 0.15) is 32.7 Å². The number of hydrogen-bond acceptors (Lipinski definition) is 3. The van der Waals surface area contributed by atoms with Crippen LogP contribution in [-0.4, -0.2) is 17.9 Å². The first-order valence-corrected chi connectivity index (χ1v) is 6.15. The summed E-state index contributed by atoms with van der Waals surface area (Å²) in [5.41, 5.74) is 3.99. The number of aromatic nitrogens is 1. The molecule has 0 N–H and O–H groups in total. The largest absolute Gasteiger partial charge is 0.496 e. The van der Waals surface area contributed by atoms with Crippen molar-refractivity contribution in [3.8, 4) is 5.75 Å². The number of carbonyl (C=O) groups excluding carboxylic acids is 1. The zero-order chi connectivity index (χ0) is 14.0. The first-order valence-electron chi connectivity index (χ1n) is 6.15. The molecule has 0 spiro atoms. The minimum absolute atomic E-state index is 0.0990. The highest BCUT2D eigenvalue weighted by Gasteiger charge is 2.17. The molecule has 0 saturated carbocycles. The van der Waals surface area contributed by atoms with Crippen molar-refractivity contribution in [1.82, 2.24) is 4.98 Å². The Morgan fingerprint density at radius 3 is 2.47 bits per heavy atom. The van der Waals surface area contributed by atoms with Gasteiger partial charge in [-0.25, -0.2) is 0 Å². The lowest BCUT2D eigenvalue weighted by molar-refractivity contribution is 0.103. The second kappa shape index (κ2) is 5.22. The smallest absolute Gasteiger partial charge is 0.215 e. The Morgan fingerprint density at radius 1 is 1.11 bits per heavy atom. The van der Waals surface area contributed by atoms with E-state index in [2.05, 4.69) is 4.98 Å². The molecule has 3 heteroatoms. The van der Waals surface area contributed by atoms with E-state index in [1.54, 1.807) is 13.3 Å². The van der Waals surface area contributed by atoms with E-state index in [1.165, 1.54) is 0 Å². The fourth-order valence-corrected chi connectivity index (χ4v) is 2.08. The van der Waals surface area contributed by atoms with Gasteiger partial charge in [-0.15, -0.1) is 0 Å². The minimum atomic E-state index is -0.0990. The van der Waals surface area contributed by atoms with Crippen LogP contribution in [0.3, 0.4) is 0 Å². The van der Waals surface area contributed by atoms with Crippen LogP contribution in [0.25, 0.3) is 0 Å². The zero-order valence-corrected chi connectivity index (χ0v) is 11.7. The van der Waals surface area contributed by atoms with Gasteiger partial charge in [-0.2, -0.15) is 0 Å². The van der Waals surface area contributed by atoms with E-state index >= 15 is 0 Å². The maximum atomic E-state index is 12.6. The third-order valence-electron chi connectivity index (χ3n) is 3.03. The Labute approximate surface area is 113 Å². The van der Waals surface area contributed by atoms with E-state index in [1.807, 2.05) is 45.0 Å². The van der Waals surface area contributed by atoms with Crippen LogP contribution >= 0.6 is 0 Å². The highest BCUT2D eigenvalue weighted by atomic mass is 16.5. The molecule has 2 aromatic rings. The van der Waals surface area contributed by atoms with E-state index < -0.39 is 0 Å². The highest BCUT2D eigenvalue weighted by molar-refractivity contribution is 6.10. The quantitative estimate of drug-likeness (QED) is 0.790. The molecular weight excluding hydrogens is 238 g/mol. The summed E-state index contributed by atoms with van der Waals surface area (Å²) in [6.45, 7) is 5.81. The van der Waals surface area contributed by atoms with E-state index in [0.29, 0.717) is 17.0 Å². The number of hydrogen-bond donors (Lipinski definition) is 0. The average molecular weight is 255 g/mol. The Balaban J connectivity index is 2.52. The molecule has 0 bridgehead atoms. The van der Waals surface area contributed by atoms with Crippen LogP contribution in [0.5, 0.6) is 5.75 Å². The number of pyridine rings is 1. The van der Waals surface area contributed by atoms with Crippen molar-refractivity contribution in [2.24, 2.45) is 0 Å². The minimum Gasteiger partial charge on any atom is -0.496 e. The first kappa shape index (κ1) is 13.3. The van der Waals surface area contributed by atoms with E-state index in [-0.39, 0.29) is 5.78 Å². The summed E-state index contributed by atoms with van der Waals surface area (Å²) in [5, 5.41) is 0. The third-order valence-corrected chi connectivity index (χ3v) is 3.03. The topological polar surface area (TPSA) is 39.2 Å². The molecule has 0 atom stereocenters. The van der Waals surface area contributed by atoms with Crippen molar-refractivity contribution in [2.75, 3.05) is 7.11 Å². The Hall–Kier alpha value is -2.16. The third kappa shape index (κ3) is 2.65. The molecule has 0 fully saturated rings. The Kier molecular flexibility index (Phi) is 3.65. The zero-order valence-electron chi connectivity index (χ0n) is 11.7. The fraction of sp³-hybridized carbons (Fsp3) is 0.250. The molecule has 19 heavy (non-hydrogen) atoms. The van der Waals surface area contributed by atoms with Crippen LogP contribution in [0.4, 0.5) is 0 Å². The van der Waals surface area contributed by atoms with Crippen molar-refractivity contribution in [3.05, 3.63) is 58.4 Å². The number of methoxy groups -OCH3 is 1. The van der Waals surface area contributed by atoms with Crippen molar-refractivity contribution in [1.29, 1.82) is 0 Å². The molecule has 0 radical (unpaired) electrons. The van der Waals surface area contributed by atoms with E-state index in [0.717, 1.165) is 16.7 Å². The summed E-state index contributed by atoms with van der Waals surface area (Å²) in [5.74, 6) is 0.482. The molecule has 0 amide bonds. The SMILES string of the molecule is COc1ccc(C)cc1C(=O)c1ncc(C)cc1C. The van der Waals surface area contributed by atoms with Gasteiger partial charge in [-0.05, 0) is 44.0 Å². The van der Waals surface area contributed by atoms with Crippen molar-refractivity contribution >= 4 is 5.78 Å². The van der Waals surface area contributed by atoms with E-state index in [4.69, 9.17) is 4.74 Å². The maximum absolute atomic E-state index is 12.6. The van der Waals surface area contributed by atoms with Gasteiger partial charge in [0.2, 0.25) is 5.78 Å². The van der Waals surface area contributed by atoms with Crippen molar-refractivity contribution in [3.63, 3.8) is 0 Å². The maximum Gasteiger partial charge on any atom is 0.215 e. The first-order chi connectivity index (χ1) is 9.02. The van der Waals surface area contributed by atoms with E-state index in [9.17, 15) is 4.79 Å². The number of carbonyl (C=O) groups is 1. The predicted molar refractivity (Wildman–Crippen MR) is 74.9 cm³/mol. The van der Waals surface area contributed by atoms with Gasteiger partial charge in [-0.1, -0.05) is 17.7 Å². The van der Waals surface area contributed by atoms with Crippen LogP contribution in [0.2, 0.25) is 0 Å². The summed E-state index contributed by atoms with van der Waals surface area (Å²) in [4.78, 5) is 16.8. The van der Waals surface area contributed by atoms with Crippen LogP contribution in [0.15, 0.2) is 30.5 Å². The standard InChI is InChI=1S/C16H17NO2/c1-10-5-6-14(19-4)13(8-10)16(18)15-12(3)7-11(2)9-17-15/h5-9H,1-4H3. The molecule has 0 aliphatic heterocycles. The number of rotatable bonds is 3. The van der Waals surface area contributed by atoms with Crippen molar-refractivity contribution in [2.45, 2.75) is 20.8 Å². The molecule has 1 aromatic heterocycles. The lowest BCUT2D eigenvalue weighted by Gasteiger charge is -2.10. The number of benzene rings is 1. The van der Waals surface area contributed by atoms with Crippen LogP contribution in [0, 0.1) is 20.8 Å². The number of ether oxygens (including phenoxy) is 1. The summed E-state index contributed by atoms with van der Waals surface area (Å²) in [6, 6.07) is 7.53. The predicted octanol–water partition coefficient (Wildman–Crippen LogP) is 3.25. The lowest BCUT2D eigenvalue weighted by atomic mass is 10.0. The molecule has 0 aliphatic carbocycles. The number of ketones is 1. The second-order valence-corrected chi connectivity index (χ2v) is 4.71. The molecule has 1 aromatic carbocycles.